The molecule has 1 saturated heterocycles. The molecule has 4 nitrogen and oxygen atoms in total. The van der Waals surface area contributed by atoms with Gasteiger partial charge in [0.25, 0.3) is 5.91 Å². The number of piperidine rings is 1. The number of likely N-dealkylation sites (tertiary alicyclic amines) is 1. The molecule has 26 heavy (non-hydrogen) atoms. The van der Waals surface area contributed by atoms with Crippen molar-refractivity contribution in [1.82, 2.24) is 15.2 Å². The molecule has 1 N–H and O–H groups in total. The highest BCUT2D eigenvalue weighted by atomic mass is 32.1. The Labute approximate surface area is 158 Å². The average molecular weight is 376 g/mol. The Bertz CT molecular complexity index is 760. The van der Waals surface area contributed by atoms with Crippen molar-refractivity contribution in [3.63, 3.8) is 0 Å². The number of rotatable bonds is 4. The zero-order valence-electron chi connectivity index (χ0n) is 15.6. The summed E-state index contributed by atoms with van der Waals surface area (Å²) in [5.41, 5.74) is 1.32. The van der Waals surface area contributed by atoms with Gasteiger partial charge < -0.3 is 10.2 Å². The largest absolute Gasteiger partial charge is 0.338 e. The number of halogens is 1. The van der Waals surface area contributed by atoms with Gasteiger partial charge in [0, 0.05) is 36.5 Å². The number of carbonyl (C=O) groups is 1. The van der Waals surface area contributed by atoms with Crippen LogP contribution in [-0.2, 0) is 12.0 Å². The Hall–Kier alpha value is -1.79. The second-order valence-corrected chi connectivity index (χ2v) is 8.68. The lowest BCUT2D eigenvalue weighted by Crippen LogP contribution is -2.45. The number of nitrogens with one attached hydrogen (secondary N) is 1. The van der Waals surface area contributed by atoms with E-state index in [0.29, 0.717) is 19.1 Å². The molecule has 2 aromatic rings. The van der Waals surface area contributed by atoms with Gasteiger partial charge in [0.2, 0.25) is 0 Å². The van der Waals surface area contributed by atoms with Crippen molar-refractivity contribution in [2.24, 2.45) is 0 Å². The van der Waals surface area contributed by atoms with E-state index in [0.717, 1.165) is 30.1 Å². The summed E-state index contributed by atoms with van der Waals surface area (Å²) >= 11 is 1.71. The van der Waals surface area contributed by atoms with E-state index in [9.17, 15) is 9.18 Å². The Morgan fingerprint density at radius 2 is 2.00 bits per heavy atom. The molecule has 0 saturated carbocycles. The molecular formula is C20H26FN3OS. The Balaban J connectivity index is 1.49. The van der Waals surface area contributed by atoms with Crippen LogP contribution in [0.3, 0.4) is 0 Å². The summed E-state index contributed by atoms with van der Waals surface area (Å²) in [5, 5.41) is 6.81. The van der Waals surface area contributed by atoms with E-state index in [1.165, 1.54) is 6.07 Å². The topological polar surface area (TPSA) is 45.2 Å². The van der Waals surface area contributed by atoms with E-state index in [-0.39, 0.29) is 16.9 Å². The molecule has 0 spiro atoms. The van der Waals surface area contributed by atoms with Crippen LogP contribution in [0.4, 0.5) is 4.39 Å². The SMILES string of the molecule is CC(C)(C)c1nc(CNC2CCN(C(=O)c3ccccc3F)CC2)cs1. The summed E-state index contributed by atoms with van der Waals surface area (Å²) in [6.07, 6.45) is 1.74. The lowest BCUT2D eigenvalue weighted by atomic mass is 9.98. The molecule has 140 valence electrons. The second kappa shape index (κ2) is 7.84. The van der Waals surface area contributed by atoms with Crippen molar-refractivity contribution in [1.29, 1.82) is 0 Å². The van der Waals surface area contributed by atoms with Crippen LogP contribution in [0.15, 0.2) is 29.6 Å². The standard InChI is InChI=1S/C20H26FN3OS/c1-20(2,3)19-23-15(13-26-19)12-22-14-8-10-24(11-9-14)18(25)16-6-4-5-7-17(16)21/h4-7,13-14,22H,8-12H2,1-3H3. The van der Waals surface area contributed by atoms with E-state index in [2.05, 4.69) is 31.5 Å². The fraction of sp³-hybridized carbons (Fsp3) is 0.500. The van der Waals surface area contributed by atoms with Crippen molar-refractivity contribution >= 4 is 17.2 Å². The minimum atomic E-state index is -0.448. The second-order valence-electron chi connectivity index (χ2n) is 7.82. The van der Waals surface area contributed by atoms with Crippen molar-refractivity contribution < 1.29 is 9.18 Å². The number of benzene rings is 1. The molecule has 3 rings (SSSR count). The van der Waals surface area contributed by atoms with Crippen LogP contribution < -0.4 is 5.32 Å². The quantitative estimate of drug-likeness (QED) is 0.879. The molecule has 0 atom stereocenters. The maximum atomic E-state index is 13.8. The van der Waals surface area contributed by atoms with Crippen molar-refractivity contribution in [2.75, 3.05) is 13.1 Å². The predicted molar refractivity (Wildman–Crippen MR) is 103 cm³/mol. The monoisotopic (exact) mass is 375 g/mol. The first-order valence-corrected chi connectivity index (χ1v) is 9.94. The average Bonchev–Trinajstić information content (AvgIpc) is 3.10. The van der Waals surface area contributed by atoms with Crippen LogP contribution in [0.25, 0.3) is 0 Å². The van der Waals surface area contributed by atoms with Gasteiger partial charge >= 0.3 is 0 Å². The molecule has 0 unspecified atom stereocenters. The molecule has 0 bridgehead atoms. The molecule has 1 aromatic heterocycles. The first kappa shape index (κ1) is 19.0. The third-order valence-electron chi connectivity index (χ3n) is 4.65. The highest BCUT2D eigenvalue weighted by Crippen LogP contribution is 2.25. The molecule has 1 aromatic carbocycles. The smallest absolute Gasteiger partial charge is 0.256 e. The molecule has 1 aliphatic rings. The number of nitrogens with zero attached hydrogens (tertiary/aromatic N) is 2. The lowest BCUT2D eigenvalue weighted by molar-refractivity contribution is 0.0700. The van der Waals surface area contributed by atoms with Crippen LogP contribution in [0.1, 0.15) is 54.7 Å². The van der Waals surface area contributed by atoms with Gasteiger partial charge in [-0.25, -0.2) is 9.37 Å². The minimum Gasteiger partial charge on any atom is -0.338 e. The fourth-order valence-electron chi connectivity index (χ4n) is 3.07. The molecule has 0 aliphatic carbocycles. The molecule has 1 aliphatic heterocycles. The van der Waals surface area contributed by atoms with Crippen LogP contribution in [0.2, 0.25) is 0 Å². The maximum absolute atomic E-state index is 13.8. The van der Waals surface area contributed by atoms with E-state index < -0.39 is 5.82 Å². The zero-order chi connectivity index (χ0) is 18.7. The fourth-order valence-corrected chi connectivity index (χ4v) is 3.98. The van der Waals surface area contributed by atoms with Gasteiger partial charge in [-0.3, -0.25) is 4.79 Å². The molecule has 1 amide bonds. The number of hydrogen-bond acceptors (Lipinski definition) is 4. The van der Waals surface area contributed by atoms with Crippen molar-refractivity contribution in [2.45, 2.75) is 51.6 Å². The lowest BCUT2D eigenvalue weighted by Gasteiger charge is -2.32. The maximum Gasteiger partial charge on any atom is 0.256 e. The van der Waals surface area contributed by atoms with E-state index in [4.69, 9.17) is 4.98 Å². The number of carbonyl (C=O) groups excluding carboxylic acids is 1. The Morgan fingerprint density at radius 3 is 2.62 bits per heavy atom. The summed E-state index contributed by atoms with van der Waals surface area (Å²) in [5.74, 6) is -0.660. The number of thiazole rings is 1. The Kier molecular flexibility index (Phi) is 5.73. The first-order chi connectivity index (χ1) is 12.3. The summed E-state index contributed by atoms with van der Waals surface area (Å²) in [6.45, 7) is 8.56. The van der Waals surface area contributed by atoms with Crippen molar-refractivity contribution in [3.05, 3.63) is 51.7 Å². The van der Waals surface area contributed by atoms with E-state index >= 15 is 0 Å². The molecule has 2 heterocycles. The first-order valence-electron chi connectivity index (χ1n) is 9.06. The molecule has 6 heteroatoms. The van der Waals surface area contributed by atoms with Crippen LogP contribution >= 0.6 is 11.3 Å². The highest BCUT2D eigenvalue weighted by molar-refractivity contribution is 7.09. The van der Waals surface area contributed by atoms with Gasteiger partial charge in [-0.2, -0.15) is 0 Å². The minimum absolute atomic E-state index is 0.0847. The summed E-state index contributed by atoms with van der Waals surface area (Å²) in [6, 6.07) is 6.55. The van der Waals surface area contributed by atoms with Crippen LogP contribution in [0.5, 0.6) is 0 Å². The third-order valence-corrected chi connectivity index (χ3v) is 5.97. The van der Waals surface area contributed by atoms with Crippen molar-refractivity contribution in [3.8, 4) is 0 Å². The number of hydrogen-bond donors (Lipinski definition) is 1. The van der Waals surface area contributed by atoms with Gasteiger partial charge in [0.05, 0.1) is 16.3 Å². The molecule has 0 radical (unpaired) electrons. The van der Waals surface area contributed by atoms with E-state index in [1.54, 1.807) is 34.4 Å². The predicted octanol–water partition coefficient (Wildman–Crippen LogP) is 3.97. The molecular weight excluding hydrogens is 349 g/mol. The van der Waals surface area contributed by atoms with Gasteiger partial charge in [-0.05, 0) is 25.0 Å². The normalized spacial score (nSPS) is 16.1. The van der Waals surface area contributed by atoms with Crippen LogP contribution in [0, 0.1) is 5.82 Å². The highest BCUT2D eigenvalue weighted by Gasteiger charge is 2.25. The zero-order valence-corrected chi connectivity index (χ0v) is 16.4. The number of amides is 1. The number of aromatic nitrogens is 1. The Morgan fingerprint density at radius 1 is 1.31 bits per heavy atom. The third kappa shape index (κ3) is 4.48. The van der Waals surface area contributed by atoms with Gasteiger partial charge in [-0.15, -0.1) is 11.3 Å². The molecule has 1 fully saturated rings. The summed E-state index contributed by atoms with van der Waals surface area (Å²) < 4.78 is 13.8. The van der Waals surface area contributed by atoms with Gasteiger partial charge in [0.15, 0.2) is 0 Å². The van der Waals surface area contributed by atoms with Gasteiger partial charge in [0.1, 0.15) is 5.82 Å². The summed E-state index contributed by atoms with van der Waals surface area (Å²) in [4.78, 5) is 18.9. The van der Waals surface area contributed by atoms with Crippen LogP contribution in [-0.4, -0.2) is 34.9 Å². The summed E-state index contributed by atoms with van der Waals surface area (Å²) in [7, 11) is 0. The van der Waals surface area contributed by atoms with E-state index in [1.807, 2.05) is 0 Å². The van der Waals surface area contributed by atoms with Gasteiger partial charge in [-0.1, -0.05) is 32.9 Å².